The molecule has 9 heteroatoms. The maximum absolute atomic E-state index is 12.1. The number of hydrogen-bond acceptors (Lipinski definition) is 7. The van der Waals surface area contributed by atoms with Crippen LogP contribution in [0.5, 0.6) is 5.75 Å². The number of amides is 2. The molecule has 0 fully saturated rings. The number of benzene rings is 2. The Morgan fingerprint density at radius 1 is 1.00 bits per heavy atom. The van der Waals surface area contributed by atoms with E-state index in [2.05, 4.69) is 20.8 Å². The van der Waals surface area contributed by atoms with Crippen LogP contribution < -0.4 is 15.4 Å². The first-order valence-electron chi connectivity index (χ1n) is 8.86. The van der Waals surface area contributed by atoms with Gasteiger partial charge in [0.2, 0.25) is 16.9 Å². The number of thioether (sulfide) groups is 1. The number of anilines is 2. The molecule has 150 valence electrons. The molecule has 0 radical (unpaired) electrons. The van der Waals surface area contributed by atoms with Gasteiger partial charge in [0, 0.05) is 12.1 Å². The largest absolute Gasteiger partial charge is 0.497 e. The summed E-state index contributed by atoms with van der Waals surface area (Å²) < 4.78 is 5.71. The van der Waals surface area contributed by atoms with Crippen LogP contribution >= 0.6 is 23.1 Å². The molecule has 3 rings (SSSR count). The third-order valence-corrected chi connectivity index (χ3v) is 5.81. The monoisotopic (exact) mass is 428 g/mol. The molecule has 2 N–H and O–H groups in total. The highest BCUT2D eigenvalue weighted by atomic mass is 32.2. The van der Waals surface area contributed by atoms with Crippen LogP contribution in [0.3, 0.4) is 0 Å². The summed E-state index contributed by atoms with van der Waals surface area (Å²) in [6, 6.07) is 16.9. The molecule has 2 aromatic carbocycles. The molecule has 1 aromatic heterocycles. The van der Waals surface area contributed by atoms with Crippen LogP contribution in [0.1, 0.15) is 12.0 Å². The molecule has 0 saturated heterocycles. The Morgan fingerprint density at radius 2 is 1.76 bits per heavy atom. The first kappa shape index (κ1) is 20.8. The van der Waals surface area contributed by atoms with Gasteiger partial charge in [0.15, 0.2) is 4.34 Å². The highest BCUT2D eigenvalue weighted by Gasteiger charge is 2.11. The quantitative estimate of drug-likeness (QED) is 0.397. The predicted molar refractivity (Wildman–Crippen MR) is 116 cm³/mol. The van der Waals surface area contributed by atoms with E-state index in [9.17, 15) is 9.59 Å². The van der Waals surface area contributed by atoms with Crippen LogP contribution in [0, 0.1) is 0 Å². The summed E-state index contributed by atoms with van der Waals surface area (Å²) in [5.74, 6) is 0.662. The van der Waals surface area contributed by atoms with E-state index in [1.54, 1.807) is 31.4 Å². The lowest BCUT2D eigenvalue weighted by atomic mass is 10.1. The van der Waals surface area contributed by atoms with E-state index in [1.807, 2.05) is 30.3 Å². The summed E-state index contributed by atoms with van der Waals surface area (Å²) in [5, 5.41) is 14.0. The Kier molecular flexibility index (Phi) is 7.60. The van der Waals surface area contributed by atoms with Crippen molar-refractivity contribution in [3.63, 3.8) is 0 Å². The standard InChI is InChI=1S/C20H20N4O3S2/c1-27-16-10-8-15(9-11-16)21-18(26)13-28-20-24-23-19(29-20)22-17(25)12-7-14-5-3-2-4-6-14/h2-6,8-11H,7,12-13H2,1H3,(H,21,26)(H,22,23,25). The topological polar surface area (TPSA) is 93.2 Å². The van der Waals surface area contributed by atoms with Crippen molar-refractivity contribution in [2.75, 3.05) is 23.5 Å². The second-order valence-electron chi connectivity index (χ2n) is 5.97. The zero-order valence-corrected chi connectivity index (χ0v) is 17.4. The molecular formula is C20H20N4O3S2. The van der Waals surface area contributed by atoms with Gasteiger partial charge in [0.1, 0.15) is 5.75 Å². The smallest absolute Gasteiger partial charge is 0.234 e. The fourth-order valence-electron chi connectivity index (χ4n) is 2.40. The number of aromatic nitrogens is 2. The van der Waals surface area contributed by atoms with Crippen molar-refractivity contribution in [3.8, 4) is 5.75 Å². The van der Waals surface area contributed by atoms with Crippen molar-refractivity contribution in [2.24, 2.45) is 0 Å². The van der Waals surface area contributed by atoms with E-state index in [4.69, 9.17) is 4.74 Å². The number of nitrogens with one attached hydrogen (secondary N) is 2. The molecular weight excluding hydrogens is 408 g/mol. The zero-order chi connectivity index (χ0) is 20.5. The lowest BCUT2D eigenvalue weighted by Crippen LogP contribution is -2.13. The van der Waals surface area contributed by atoms with Crippen molar-refractivity contribution < 1.29 is 14.3 Å². The molecule has 0 unspecified atom stereocenters. The van der Waals surface area contributed by atoms with Gasteiger partial charge in [0.05, 0.1) is 12.9 Å². The average molecular weight is 429 g/mol. The Labute approximate surface area is 176 Å². The lowest BCUT2D eigenvalue weighted by Gasteiger charge is -2.05. The van der Waals surface area contributed by atoms with E-state index in [1.165, 1.54) is 23.1 Å². The van der Waals surface area contributed by atoms with Crippen molar-refractivity contribution in [1.82, 2.24) is 10.2 Å². The first-order chi connectivity index (χ1) is 14.1. The van der Waals surface area contributed by atoms with E-state index in [-0.39, 0.29) is 17.6 Å². The van der Waals surface area contributed by atoms with Gasteiger partial charge in [-0.15, -0.1) is 10.2 Å². The Hall–Kier alpha value is -2.91. The van der Waals surface area contributed by atoms with E-state index >= 15 is 0 Å². The van der Waals surface area contributed by atoms with Gasteiger partial charge in [-0.1, -0.05) is 53.4 Å². The molecule has 29 heavy (non-hydrogen) atoms. The molecule has 0 saturated carbocycles. The fraction of sp³-hybridized carbons (Fsp3) is 0.200. The summed E-state index contributed by atoms with van der Waals surface area (Å²) >= 11 is 2.52. The Bertz CT molecular complexity index is 946. The summed E-state index contributed by atoms with van der Waals surface area (Å²) in [5.41, 5.74) is 1.80. The third kappa shape index (κ3) is 6.88. The molecule has 1 heterocycles. The number of ether oxygens (including phenoxy) is 1. The van der Waals surface area contributed by atoms with Crippen LogP contribution in [0.15, 0.2) is 58.9 Å². The summed E-state index contributed by atoms with van der Waals surface area (Å²) in [7, 11) is 1.59. The maximum Gasteiger partial charge on any atom is 0.234 e. The van der Waals surface area contributed by atoms with Crippen LogP contribution in [-0.4, -0.2) is 34.9 Å². The predicted octanol–water partition coefficient (Wildman–Crippen LogP) is 3.85. The molecule has 2 amide bonds. The van der Waals surface area contributed by atoms with Gasteiger partial charge in [0.25, 0.3) is 0 Å². The van der Waals surface area contributed by atoms with Crippen LogP contribution in [0.4, 0.5) is 10.8 Å². The summed E-state index contributed by atoms with van der Waals surface area (Å²) in [4.78, 5) is 24.1. The highest BCUT2D eigenvalue weighted by molar-refractivity contribution is 8.01. The first-order valence-corrected chi connectivity index (χ1v) is 10.7. The number of carbonyl (C=O) groups excluding carboxylic acids is 2. The van der Waals surface area contributed by atoms with Crippen LogP contribution in [-0.2, 0) is 16.0 Å². The number of rotatable bonds is 9. The number of nitrogens with zero attached hydrogens (tertiary/aromatic N) is 2. The van der Waals surface area contributed by atoms with Crippen molar-refractivity contribution in [3.05, 3.63) is 60.2 Å². The minimum Gasteiger partial charge on any atom is -0.497 e. The maximum atomic E-state index is 12.1. The van der Waals surface area contributed by atoms with Gasteiger partial charge < -0.3 is 15.4 Å². The van der Waals surface area contributed by atoms with Gasteiger partial charge in [-0.05, 0) is 36.2 Å². The molecule has 0 bridgehead atoms. The average Bonchev–Trinajstić information content (AvgIpc) is 3.19. The van der Waals surface area contributed by atoms with Gasteiger partial charge in [-0.2, -0.15) is 0 Å². The number of hydrogen-bond donors (Lipinski definition) is 2. The van der Waals surface area contributed by atoms with Crippen molar-refractivity contribution >= 4 is 45.7 Å². The Balaban J connectivity index is 1.41. The summed E-state index contributed by atoms with van der Waals surface area (Å²) in [6.07, 6.45) is 1.04. The van der Waals surface area contributed by atoms with E-state index < -0.39 is 0 Å². The number of carbonyl (C=O) groups is 2. The molecule has 0 atom stereocenters. The SMILES string of the molecule is COc1ccc(NC(=O)CSc2nnc(NC(=O)CCc3ccccc3)s2)cc1. The van der Waals surface area contributed by atoms with E-state index in [0.29, 0.717) is 28.0 Å². The third-order valence-electron chi connectivity index (χ3n) is 3.84. The molecule has 0 spiro atoms. The summed E-state index contributed by atoms with van der Waals surface area (Å²) in [6.45, 7) is 0. The molecule has 0 aliphatic rings. The van der Waals surface area contributed by atoms with Crippen LogP contribution in [0.25, 0.3) is 0 Å². The number of aryl methyl sites for hydroxylation is 1. The second kappa shape index (κ2) is 10.6. The minimum atomic E-state index is -0.149. The van der Waals surface area contributed by atoms with Crippen LogP contribution in [0.2, 0.25) is 0 Å². The van der Waals surface area contributed by atoms with Gasteiger partial charge >= 0.3 is 0 Å². The minimum absolute atomic E-state index is 0.112. The second-order valence-corrected chi connectivity index (χ2v) is 8.17. The Morgan fingerprint density at radius 3 is 2.48 bits per heavy atom. The number of methoxy groups -OCH3 is 1. The lowest BCUT2D eigenvalue weighted by molar-refractivity contribution is -0.116. The van der Waals surface area contributed by atoms with Crippen molar-refractivity contribution in [2.45, 2.75) is 17.2 Å². The normalized spacial score (nSPS) is 10.4. The van der Waals surface area contributed by atoms with Gasteiger partial charge in [-0.3, -0.25) is 9.59 Å². The van der Waals surface area contributed by atoms with Crippen molar-refractivity contribution in [1.29, 1.82) is 0 Å². The fourth-order valence-corrected chi connectivity index (χ4v) is 3.97. The highest BCUT2D eigenvalue weighted by Crippen LogP contribution is 2.26. The molecule has 7 nitrogen and oxygen atoms in total. The van der Waals surface area contributed by atoms with Gasteiger partial charge in [-0.25, -0.2) is 0 Å². The molecule has 0 aliphatic heterocycles. The van der Waals surface area contributed by atoms with E-state index in [0.717, 1.165) is 11.3 Å². The molecule has 3 aromatic rings. The molecule has 0 aliphatic carbocycles. The zero-order valence-electron chi connectivity index (χ0n) is 15.8.